The Morgan fingerprint density at radius 1 is 1.50 bits per heavy atom. The Morgan fingerprint density at radius 2 is 2.14 bits per heavy atom. The van der Waals surface area contributed by atoms with Crippen molar-refractivity contribution < 1.29 is 0 Å². The monoisotopic (exact) mass is 210 g/mol. The van der Waals surface area contributed by atoms with Crippen LogP contribution in [-0.4, -0.2) is 19.0 Å². The van der Waals surface area contributed by atoms with Crippen molar-refractivity contribution in [2.24, 2.45) is 5.92 Å². The van der Waals surface area contributed by atoms with Gasteiger partial charge < -0.3 is 0 Å². The molecule has 0 aromatic heterocycles. The van der Waals surface area contributed by atoms with Gasteiger partial charge in [-0.1, -0.05) is 37.1 Å². The fourth-order valence-electron chi connectivity index (χ4n) is 1.61. The normalized spacial score (nSPS) is 19.1. The Balaban J connectivity index is 2.32. The average Bonchev–Trinajstić information content (AvgIpc) is 2.86. The summed E-state index contributed by atoms with van der Waals surface area (Å²) in [6.07, 6.45) is 10.4. The van der Waals surface area contributed by atoms with Crippen LogP contribution < -0.4 is 0 Å². The molecule has 1 aliphatic rings. The second kappa shape index (κ2) is 5.71. The second-order valence-electron chi connectivity index (χ2n) is 4.76. The quantitative estimate of drug-likeness (QED) is 0.449. The minimum Gasteiger partial charge on any atom is -0.106 e. The minimum absolute atomic E-state index is 0.175. The molecular formula is C13H23P. The molecule has 1 unspecified atom stereocenters. The van der Waals surface area contributed by atoms with Crippen LogP contribution in [0.25, 0.3) is 0 Å². The molecular weight excluding hydrogens is 187 g/mol. The molecule has 1 rings (SSSR count). The van der Waals surface area contributed by atoms with Crippen molar-refractivity contribution in [3.63, 3.8) is 0 Å². The van der Waals surface area contributed by atoms with Crippen molar-refractivity contribution in [2.45, 2.75) is 38.3 Å². The lowest BCUT2D eigenvalue weighted by atomic mass is 10.1. The standard InChI is InChI=1S/C13H23P/c1-11(2)5-9-13(14(3)4)10-8-12-6-7-12/h5,9,12-13H,1,6-8,10H2,2-4H3/b9-5-. The Bertz CT molecular complexity index is 211. The van der Waals surface area contributed by atoms with Crippen LogP contribution in [0.3, 0.4) is 0 Å². The van der Waals surface area contributed by atoms with Gasteiger partial charge in [0.15, 0.2) is 0 Å². The summed E-state index contributed by atoms with van der Waals surface area (Å²) in [7, 11) is 0.175. The smallest absolute Gasteiger partial charge is 0.00312 e. The Hall–Kier alpha value is -0.0900. The fraction of sp³-hybridized carbons (Fsp3) is 0.692. The van der Waals surface area contributed by atoms with Gasteiger partial charge >= 0.3 is 0 Å². The predicted molar refractivity (Wildman–Crippen MR) is 68.5 cm³/mol. The third-order valence-electron chi connectivity index (χ3n) is 2.83. The fourth-order valence-corrected chi connectivity index (χ4v) is 2.71. The van der Waals surface area contributed by atoms with Crippen molar-refractivity contribution in [1.29, 1.82) is 0 Å². The van der Waals surface area contributed by atoms with E-state index in [0.717, 1.165) is 11.6 Å². The summed E-state index contributed by atoms with van der Waals surface area (Å²) < 4.78 is 0. The molecule has 14 heavy (non-hydrogen) atoms. The molecule has 1 atom stereocenters. The molecule has 0 bridgehead atoms. The molecule has 0 spiro atoms. The van der Waals surface area contributed by atoms with Gasteiger partial charge in [-0.25, -0.2) is 0 Å². The zero-order chi connectivity index (χ0) is 10.6. The van der Waals surface area contributed by atoms with Crippen molar-refractivity contribution in [3.05, 3.63) is 24.3 Å². The molecule has 1 saturated carbocycles. The largest absolute Gasteiger partial charge is 0.106 e. The minimum atomic E-state index is 0.175. The third-order valence-corrected chi connectivity index (χ3v) is 4.59. The number of hydrogen-bond acceptors (Lipinski definition) is 0. The first-order chi connectivity index (χ1) is 6.59. The third kappa shape index (κ3) is 4.96. The first-order valence-corrected chi connectivity index (χ1v) is 7.90. The molecule has 0 amide bonds. The molecule has 1 fully saturated rings. The number of rotatable bonds is 6. The summed E-state index contributed by atoms with van der Waals surface area (Å²) in [5, 5.41) is 0. The molecule has 0 heterocycles. The van der Waals surface area contributed by atoms with E-state index < -0.39 is 0 Å². The van der Waals surface area contributed by atoms with Gasteiger partial charge in [0.05, 0.1) is 0 Å². The van der Waals surface area contributed by atoms with Crippen LogP contribution in [-0.2, 0) is 0 Å². The summed E-state index contributed by atoms with van der Waals surface area (Å²) in [6.45, 7) is 10.8. The number of hydrogen-bond donors (Lipinski definition) is 0. The lowest BCUT2D eigenvalue weighted by Gasteiger charge is -2.17. The summed E-state index contributed by atoms with van der Waals surface area (Å²) in [4.78, 5) is 0. The first kappa shape index (κ1) is 12.0. The highest BCUT2D eigenvalue weighted by Crippen LogP contribution is 2.41. The maximum absolute atomic E-state index is 3.91. The van der Waals surface area contributed by atoms with Gasteiger partial charge in [-0.3, -0.25) is 0 Å². The molecule has 0 aromatic rings. The van der Waals surface area contributed by atoms with E-state index in [0.29, 0.717) is 0 Å². The first-order valence-electron chi connectivity index (χ1n) is 5.59. The van der Waals surface area contributed by atoms with Crippen LogP contribution in [0.4, 0.5) is 0 Å². The zero-order valence-corrected chi connectivity index (χ0v) is 10.7. The van der Waals surface area contributed by atoms with Gasteiger partial charge in [0.25, 0.3) is 0 Å². The highest BCUT2D eigenvalue weighted by atomic mass is 31.1. The lowest BCUT2D eigenvalue weighted by molar-refractivity contribution is 0.679. The van der Waals surface area contributed by atoms with Crippen LogP contribution in [0.1, 0.15) is 32.6 Å². The van der Waals surface area contributed by atoms with Gasteiger partial charge in [0, 0.05) is 0 Å². The maximum atomic E-state index is 3.91. The molecule has 0 N–H and O–H groups in total. The van der Waals surface area contributed by atoms with Crippen LogP contribution >= 0.6 is 7.92 Å². The van der Waals surface area contributed by atoms with Crippen molar-refractivity contribution in [3.8, 4) is 0 Å². The molecule has 1 heteroatoms. The molecule has 1 aliphatic carbocycles. The van der Waals surface area contributed by atoms with Crippen LogP contribution in [0, 0.1) is 5.92 Å². The lowest BCUT2D eigenvalue weighted by Crippen LogP contribution is -2.01. The molecule has 0 nitrogen and oxygen atoms in total. The Morgan fingerprint density at radius 3 is 2.57 bits per heavy atom. The van der Waals surface area contributed by atoms with E-state index in [-0.39, 0.29) is 7.92 Å². The van der Waals surface area contributed by atoms with Crippen LogP contribution in [0.5, 0.6) is 0 Å². The SMILES string of the molecule is C=C(C)/C=C\C(CCC1CC1)P(C)C. The van der Waals surface area contributed by atoms with Gasteiger partial charge in [-0.2, -0.15) is 0 Å². The molecule has 0 aliphatic heterocycles. The van der Waals surface area contributed by atoms with E-state index in [2.05, 4.69) is 39.0 Å². The highest BCUT2D eigenvalue weighted by molar-refractivity contribution is 7.56. The van der Waals surface area contributed by atoms with Gasteiger partial charge in [0.2, 0.25) is 0 Å². The molecule has 80 valence electrons. The molecule has 0 aromatic carbocycles. The summed E-state index contributed by atoms with van der Waals surface area (Å²) in [5.41, 5.74) is 2.00. The van der Waals surface area contributed by atoms with E-state index in [9.17, 15) is 0 Å². The van der Waals surface area contributed by atoms with Gasteiger partial charge in [-0.15, -0.1) is 7.92 Å². The highest BCUT2D eigenvalue weighted by Gasteiger charge is 2.22. The molecule has 0 radical (unpaired) electrons. The van der Waals surface area contributed by atoms with E-state index in [1.807, 2.05) is 0 Å². The Labute approximate surface area is 90.2 Å². The maximum Gasteiger partial charge on any atom is -0.00312 e. The van der Waals surface area contributed by atoms with E-state index in [1.165, 1.54) is 31.3 Å². The van der Waals surface area contributed by atoms with Crippen molar-refractivity contribution in [1.82, 2.24) is 0 Å². The van der Waals surface area contributed by atoms with E-state index in [1.54, 1.807) is 0 Å². The van der Waals surface area contributed by atoms with Crippen LogP contribution in [0.2, 0.25) is 0 Å². The Kier molecular flexibility index (Phi) is 4.89. The summed E-state index contributed by atoms with van der Waals surface area (Å²) in [5.74, 6) is 1.07. The zero-order valence-electron chi connectivity index (χ0n) is 9.79. The van der Waals surface area contributed by atoms with E-state index in [4.69, 9.17) is 0 Å². The topological polar surface area (TPSA) is 0 Å². The second-order valence-corrected chi connectivity index (χ2v) is 7.35. The van der Waals surface area contributed by atoms with Gasteiger partial charge in [-0.05, 0) is 44.7 Å². The summed E-state index contributed by atoms with van der Waals surface area (Å²) in [6, 6.07) is 0. The van der Waals surface area contributed by atoms with Gasteiger partial charge in [0.1, 0.15) is 0 Å². The van der Waals surface area contributed by atoms with E-state index >= 15 is 0 Å². The van der Waals surface area contributed by atoms with Crippen molar-refractivity contribution in [2.75, 3.05) is 13.3 Å². The molecule has 0 saturated heterocycles. The predicted octanol–water partition coefficient (Wildman–Crippen LogP) is 4.42. The average molecular weight is 210 g/mol. The summed E-state index contributed by atoms with van der Waals surface area (Å²) >= 11 is 0. The van der Waals surface area contributed by atoms with Crippen molar-refractivity contribution >= 4 is 7.92 Å². The number of allylic oxidation sites excluding steroid dienone is 3. The van der Waals surface area contributed by atoms with Crippen LogP contribution in [0.15, 0.2) is 24.3 Å².